The van der Waals surface area contributed by atoms with Crippen LogP contribution in [0.2, 0.25) is 0 Å². The van der Waals surface area contributed by atoms with Crippen LogP contribution in [0.5, 0.6) is 11.5 Å². The van der Waals surface area contributed by atoms with Crippen LogP contribution in [-0.4, -0.2) is 32.7 Å². The maximum absolute atomic E-state index is 11.2. The van der Waals surface area contributed by atoms with E-state index in [0.29, 0.717) is 22.5 Å². The van der Waals surface area contributed by atoms with Gasteiger partial charge in [0.05, 0.1) is 6.16 Å². The minimum absolute atomic E-state index is 0.0509. The van der Waals surface area contributed by atoms with Gasteiger partial charge < -0.3 is 24.9 Å². The first kappa shape index (κ1) is 17.3. The summed E-state index contributed by atoms with van der Waals surface area (Å²) in [4.78, 5) is 19.9. The molecule has 0 fully saturated rings. The molecule has 0 saturated heterocycles. The van der Waals surface area contributed by atoms with Crippen LogP contribution in [0.25, 0.3) is 0 Å². The molecular formula is C16H20NO5P. The van der Waals surface area contributed by atoms with Gasteiger partial charge in [-0.15, -0.1) is 0 Å². The molecule has 2 aromatic rings. The summed E-state index contributed by atoms with van der Waals surface area (Å²) in [6.45, 7) is 3.57. The first-order valence-electron chi connectivity index (χ1n) is 7.09. The maximum Gasteiger partial charge on any atom is 0.327 e. The summed E-state index contributed by atoms with van der Waals surface area (Å²) in [7, 11) is -4.17. The Kier molecular flexibility index (Phi) is 5.00. The molecule has 0 aliphatic rings. The highest BCUT2D eigenvalue weighted by molar-refractivity contribution is 7.51. The van der Waals surface area contributed by atoms with Crippen molar-refractivity contribution in [2.45, 2.75) is 13.8 Å². The van der Waals surface area contributed by atoms with Gasteiger partial charge in [0, 0.05) is 30.1 Å². The van der Waals surface area contributed by atoms with Gasteiger partial charge in [0.1, 0.15) is 11.5 Å². The van der Waals surface area contributed by atoms with Gasteiger partial charge >= 0.3 is 7.60 Å². The van der Waals surface area contributed by atoms with Gasteiger partial charge in [-0.25, -0.2) is 0 Å². The lowest BCUT2D eigenvalue weighted by Gasteiger charge is -2.26. The van der Waals surface area contributed by atoms with E-state index in [0.717, 1.165) is 0 Å². The van der Waals surface area contributed by atoms with Crippen LogP contribution in [-0.2, 0) is 4.57 Å². The van der Waals surface area contributed by atoms with Crippen LogP contribution >= 0.6 is 7.60 Å². The van der Waals surface area contributed by atoms with E-state index in [1.807, 2.05) is 0 Å². The van der Waals surface area contributed by atoms with E-state index in [-0.39, 0.29) is 24.2 Å². The van der Waals surface area contributed by atoms with Gasteiger partial charge in [0.2, 0.25) is 0 Å². The molecule has 2 aromatic carbocycles. The Balaban J connectivity index is 2.43. The molecule has 7 heteroatoms. The molecule has 0 heterocycles. The zero-order valence-electron chi connectivity index (χ0n) is 13.0. The third-order valence-corrected chi connectivity index (χ3v) is 4.41. The fraction of sp³-hybridized carbons (Fsp3) is 0.250. The number of rotatable bonds is 5. The lowest BCUT2D eigenvalue weighted by molar-refractivity contribution is 0.373. The Morgan fingerprint density at radius 3 is 1.70 bits per heavy atom. The van der Waals surface area contributed by atoms with Gasteiger partial charge in [-0.1, -0.05) is 12.1 Å². The predicted molar refractivity (Wildman–Crippen MR) is 89.6 cm³/mol. The quantitative estimate of drug-likeness (QED) is 0.626. The Hall–Kier alpha value is -2.01. The Morgan fingerprint density at radius 2 is 1.35 bits per heavy atom. The third-order valence-electron chi connectivity index (χ3n) is 3.62. The molecule has 0 atom stereocenters. The summed E-state index contributed by atoms with van der Waals surface area (Å²) in [6, 6.07) is 10.0. The van der Waals surface area contributed by atoms with Crippen LogP contribution in [0, 0.1) is 13.8 Å². The summed E-state index contributed by atoms with van der Waals surface area (Å²) in [6.07, 6.45) is -0.337. The highest BCUT2D eigenvalue weighted by atomic mass is 31.2. The highest BCUT2D eigenvalue weighted by Gasteiger charge is 2.18. The van der Waals surface area contributed by atoms with E-state index >= 15 is 0 Å². The zero-order valence-corrected chi connectivity index (χ0v) is 13.9. The summed E-state index contributed by atoms with van der Waals surface area (Å²) in [5.74, 6) is 0.194. The van der Waals surface area contributed by atoms with Gasteiger partial charge in [-0.2, -0.15) is 0 Å². The molecule has 23 heavy (non-hydrogen) atoms. The van der Waals surface area contributed by atoms with E-state index in [9.17, 15) is 14.8 Å². The molecule has 6 nitrogen and oxygen atoms in total. The highest BCUT2D eigenvalue weighted by Crippen LogP contribution is 2.37. The number of anilines is 2. The average molecular weight is 337 g/mol. The van der Waals surface area contributed by atoms with E-state index < -0.39 is 7.60 Å². The van der Waals surface area contributed by atoms with Crippen molar-refractivity contribution in [2.75, 3.05) is 17.6 Å². The van der Waals surface area contributed by atoms with Crippen molar-refractivity contribution in [3.05, 3.63) is 47.5 Å². The minimum atomic E-state index is -4.17. The van der Waals surface area contributed by atoms with E-state index in [2.05, 4.69) is 0 Å². The number of hydrogen-bond acceptors (Lipinski definition) is 4. The second-order valence-electron chi connectivity index (χ2n) is 5.48. The van der Waals surface area contributed by atoms with Crippen LogP contribution in [0.3, 0.4) is 0 Å². The summed E-state index contributed by atoms with van der Waals surface area (Å²) in [5.41, 5.74) is 2.58. The molecule has 0 aromatic heterocycles. The van der Waals surface area contributed by atoms with Crippen molar-refractivity contribution in [1.29, 1.82) is 0 Å². The average Bonchev–Trinajstić information content (AvgIpc) is 2.45. The summed E-state index contributed by atoms with van der Waals surface area (Å²) in [5, 5.41) is 19.8. The molecule has 4 N–H and O–H groups in total. The molecule has 0 bridgehead atoms. The largest absolute Gasteiger partial charge is 0.508 e. The Bertz CT molecular complexity index is 705. The van der Waals surface area contributed by atoms with Crippen LogP contribution in [0.4, 0.5) is 11.4 Å². The predicted octanol–water partition coefficient (Wildman–Crippen LogP) is 3.03. The van der Waals surface area contributed by atoms with E-state index in [1.165, 1.54) is 12.1 Å². The van der Waals surface area contributed by atoms with Crippen molar-refractivity contribution in [3.8, 4) is 11.5 Å². The van der Waals surface area contributed by atoms with Crippen molar-refractivity contribution in [1.82, 2.24) is 0 Å². The second-order valence-corrected chi connectivity index (χ2v) is 7.26. The molecule has 0 amide bonds. The van der Waals surface area contributed by atoms with E-state index in [4.69, 9.17) is 9.79 Å². The third kappa shape index (κ3) is 4.48. The monoisotopic (exact) mass is 337 g/mol. The van der Waals surface area contributed by atoms with Gasteiger partial charge in [0.15, 0.2) is 0 Å². The molecule has 0 aliphatic carbocycles. The summed E-state index contributed by atoms with van der Waals surface area (Å²) < 4.78 is 11.2. The Morgan fingerprint density at radius 1 is 0.913 bits per heavy atom. The number of aryl methyl sites for hydroxylation is 2. The number of nitrogens with zero attached hydrogens (tertiary/aromatic N) is 1. The fourth-order valence-corrected chi connectivity index (χ4v) is 2.63. The lowest BCUT2D eigenvalue weighted by Crippen LogP contribution is -2.21. The van der Waals surface area contributed by atoms with Gasteiger partial charge in [-0.05, 0) is 37.1 Å². The molecule has 2 rings (SSSR count). The molecule has 0 saturated carbocycles. The number of hydrogen-bond donors (Lipinski definition) is 4. The lowest BCUT2D eigenvalue weighted by atomic mass is 10.1. The van der Waals surface area contributed by atoms with Crippen LogP contribution in [0.1, 0.15) is 11.1 Å². The van der Waals surface area contributed by atoms with Gasteiger partial charge in [0.25, 0.3) is 0 Å². The van der Waals surface area contributed by atoms with E-state index in [1.54, 1.807) is 43.0 Å². The SMILES string of the molecule is Cc1ccc(N(CCP(=O)(O)O)c2ccc(C)c(O)c2)cc1O. The fourth-order valence-electron chi connectivity index (χ4n) is 2.17. The molecule has 0 radical (unpaired) electrons. The van der Waals surface area contributed by atoms with Crippen LogP contribution < -0.4 is 4.90 Å². The molecular weight excluding hydrogens is 317 g/mol. The van der Waals surface area contributed by atoms with Crippen molar-refractivity contribution < 1.29 is 24.6 Å². The molecule has 0 unspecified atom stereocenters. The summed E-state index contributed by atoms with van der Waals surface area (Å²) >= 11 is 0. The topological polar surface area (TPSA) is 101 Å². The molecule has 0 spiro atoms. The first-order chi connectivity index (χ1) is 10.7. The smallest absolute Gasteiger partial charge is 0.327 e. The standard InChI is InChI=1S/C16H20NO5P/c1-11-3-5-13(9-15(11)18)17(7-8-23(20,21)22)14-6-4-12(2)16(19)10-14/h3-6,9-10,18-19H,7-8H2,1-2H3,(H2,20,21,22). The normalized spacial score (nSPS) is 11.5. The number of phenolic OH excluding ortho intramolecular Hbond substituents is 2. The second kappa shape index (κ2) is 6.62. The van der Waals surface area contributed by atoms with Crippen LogP contribution in [0.15, 0.2) is 36.4 Å². The molecule has 0 aliphatic heterocycles. The minimum Gasteiger partial charge on any atom is -0.508 e. The van der Waals surface area contributed by atoms with Crippen molar-refractivity contribution in [3.63, 3.8) is 0 Å². The number of benzene rings is 2. The Labute approximate surface area is 134 Å². The first-order valence-corrected chi connectivity index (χ1v) is 8.88. The van der Waals surface area contributed by atoms with Gasteiger partial charge in [-0.3, -0.25) is 4.57 Å². The van der Waals surface area contributed by atoms with Crippen molar-refractivity contribution in [2.24, 2.45) is 0 Å². The zero-order chi connectivity index (χ0) is 17.2. The van der Waals surface area contributed by atoms with Crippen molar-refractivity contribution >= 4 is 19.0 Å². The number of phenols is 2. The number of aromatic hydroxyl groups is 2. The molecule has 124 valence electrons. The maximum atomic E-state index is 11.2.